The molecule has 5 nitrogen and oxygen atoms in total. The van der Waals surface area contributed by atoms with Crippen molar-refractivity contribution in [2.75, 3.05) is 0 Å². The van der Waals surface area contributed by atoms with Gasteiger partial charge in [0.1, 0.15) is 5.69 Å². The van der Waals surface area contributed by atoms with Gasteiger partial charge in [0.05, 0.1) is 5.69 Å². The van der Waals surface area contributed by atoms with Gasteiger partial charge in [-0.15, -0.1) is 0 Å². The van der Waals surface area contributed by atoms with E-state index >= 15 is 0 Å². The fraction of sp³-hybridized carbons (Fsp3) is 0.235. The molecule has 0 unspecified atom stereocenters. The van der Waals surface area contributed by atoms with Crippen molar-refractivity contribution >= 4 is 12.1 Å². The summed E-state index contributed by atoms with van der Waals surface area (Å²) in [6.45, 7) is 0. The van der Waals surface area contributed by atoms with Crippen LogP contribution in [0.1, 0.15) is 29.8 Å². The summed E-state index contributed by atoms with van der Waals surface area (Å²) in [6.07, 6.45) is 9.29. The maximum absolute atomic E-state index is 12.0. The van der Waals surface area contributed by atoms with E-state index in [-0.39, 0.29) is 5.91 Å². The van der Waals surface area contributed by atoms with Crippen LogP contribution in [0.3, 0.4) is 0 Å². The van der Waals surface area contributed by atoms with Crippen LogP contribution >= 0.6 is 0 Å². The highest BCUT2D eigenvalue weighted by atomic mass is 16.2. The van der Waals surface area contributed by atoms with Gasteiger partial charge in [0.15, 0.2) is 0 Å². The van der Waals surface area contributed by atoms with Crippen molar-refractivity contribution < 1.29 is 4.79 Å². The summed E-state index contributed by atoms with van der Waals surface area (Å²) in [5.41, 5.74) is 4.66. The van der Waals surface area contributed by atoms with Crippen molar-refractivity contribution in [2.24, 2.45) is 11.0 Å². The molecule has 22 heavy (non-hydrogen) atoms. The standard InChI is InChI=1S/C17H18N4O/c22-17(21-18-12-13-7-3-1-4-8-13)16-11-15(19-20-16)14-9-5-2-6-10-14/h1-3,5-6,9-13H,4,7-8H2,(H,19,20)(H,21,22)/b18-12-/t13-/m1/s1. The highest BCUT2D eigenvalue weighted by Crippen LogP contribution is 2.17. The lowest BCUT2D eigenvalue weighted by Crippen LogP contribution is -2.19. The highest BCUT2D eigenvalue weighted by Gasteiger charge is 2.11. The smallest absolute Gasteiger partial charge is 0.272 e. The van der Waals surface area contributed by atoms with Crippen LogP contribution in [0.4, 0.5) is 0 Å². The van der Waals surface area contributed by atoms with Gasteiger partial charge in [-0.1, -0.05) is 42.5 Å². The van der Waals surface area contributed by atoms with E-state index in [4.69, 9.17) is 0 Å². The van der Waals surface area contributed by atoms with E-state index < -0.39 is 0 Å². The minimum Gasteiger partial charge on any atom is -0.272 e. The number of aromatic amines is 1. The third kappa shape index (κ3) is 3.49. The Hall–Kier alpha value is -2.69. The summed E-state index contributed by atoms with van der Waals surface area (Å²) in [5.74, 6) is 0.129. The summed E-state index contributed by atoms with van der Waals surface area (Å²) >= 11 is 0. The molecule has 0 fully saturated rings. The summed E-state index contributed by atoms with van der Waals surface area (Å²) in [7, 11) is 0. The second-order valence-electron chi connectivity index (χ2n) is 5.30. The first-order valence-corrected chi connectivity index (χ1v) is 7.42. The van der Waals surface area contributed by atoms with Crippen LogP contribution < -0.4 is 5.43 Å². The number of rotatable bonds is 4. The van der Waals surface area contributed by atoms with Gasteiger partial charge in [0.25, 0.3) is 5.91 Å². The number of hydrogen-bond donors (Lipinski definition) is 2. The molecule has 1 amide bonds. The number of nitrogens with one attached hydrogen (secondary N) is 2. The fourth-order valence-electron chi connectivity index (χ4n) is 2.41. The maximum Gasteiger partial charge on any atom is 0.289 e. The van der Waals surface area contributed by atoms with Crippen molar-refractivity contribution in [2.45, 2.75) is 19.3 Å². The lowest BCUT2D eigenvalue weighted by molar-refractivity contribution is 0.0950. The first-order chi connectivity index (χ1) is 10.8. The van der Waals surface area contributed by atoms with Crippen LogP contribution in [0.2, 0.25) is 0 Å². The fourth-order valence-corrected chi connectivity index (χ4v) is 2.41. The Bertz CT molecular complexity index is 688. The van der Waals surface area contributed by atoms with E-state index in [1.807, 2.05) is 36.5 Å². The molecule has 3 rings (SSSR count). The summed E-state index contributed by atoms with van der Waals surface area (Å²) in [6, 6.07) is 11.4. The predicted molar refractivity (Wildman–Crippen MR) is 86.5 cm³/mol. The largest absolute Gasteiger partial charge is 0.289 e. The summed E-state index contributed by atoms with van der Waals surface area (Å²) in [4.78, 5) is 12.0. The quantitative estimate of drug-likeness (QED) is 0.516. The zero-order chi connectivity index (χ0) is 15.2. The molecule has 1 aromatic heterocycles. The predicted octanol–water partition coefficient (Wildman–Crippen LogP) is 3.15. The van der Waals surface area contributed by atoms with Gasteiger partial charge in [0, 0.05) is 11.8 Å². The molecule has 0 spiro atoms. The molecule has 0 radical (unpaired) electrons. The molecular weight excluding hydrogens is 276 g/mol. The molecule has 0 aliphatic heterocycles. The van der Waals surface area contributed by atoms with Crippen molar-refractivity contribution in [1.82, 2.24) is 15.6 Å². The van der Waals surface area contributed by atoms with Crippen LogP contribution in [0.5, 0.6) is 0 Å². The molecule has 0 saturated heterocycles. The summed E-state index contributed by atoms with van der Waals surface area (Å²) < 4.78 is 0. The van der Waals surface area contributed by atoms with E-state index in [2.05, 4.69) is 32.9 Å². The number of hydrazone groups is 1. The van der Waals surface area contributed by atoms with Gasteiger partial charge >= 0.3 is 0 Å². The maximum atomic E-state index is 12.0. The number of aromatic nitrogens is 2. The number of H-pyrrole nitrogens is 1. The van der Waals surface area contributed by atoms with Gasteiger partial charge in [-0.25, -0.2) is 5.43 Å². The molecule has 1 heterocycles. The lowest BCUT2D eigenvalue weighted by Gasteiger charge is -2.11. The molecule has 2 N–H and O–H groups in total. The number of amides is 1. The number of hydrogen-bond acceptors (Lipinski definition) is 3. The third-order valence-corrected chi connectivity index (χ3v) is 3.65. The Morgan fingerprint density at radius 1 is 1.32 bits per heavy atom. The van der Waals surface area contributed by atoms with Crippen molar-refractivity contribution in [3.8, 4) is 11.3 Å². The average molecular weight is 294 g/mol. The zero-order valence-electron chi connectivity index (χ0n) is 12.2. The Morgan fingerprint density at radius 2 is 2.18 bits per heavy atom. The molecule has 2 aromatic rings. The van der Waals surface area contributed by atoms with E-state index in [1.54, 1.807) is 6.07 Å². The normalized spacial score (nSPS) is 17.7. The third-order valence-electron chi connectivity index (χ3n) is 3.65. The van der Waals surface area contributed by atoms with E-state index in [9.17, 15) is 4.79 Å². The minimum absolute atomic E-state index is 0.280. The van der Waals surface area contributed by atoms with Gasteiger partial charge in [0.2, 0.25) is 0 Å². The van der Waals surface area contributed by atoms with Crippen LogP contribution in [0.25, 0.3) is 11.3 Å². The Balaban J connectivity index is 1.60. The average Bonchev–Trinajstić information content (AvgIpc) is 3.07. The molecule has 1 aliphatic rings. The number of nitrogens with zero attached hydrogens (tertiary/aromatic N) is 2. The first-order valence-electron chi connectivity index (χ1n) is 7.42. The Morgan fingerprint density at radius 3 is 2.95 bits per heavy atom. The molecule has 1 aromatic carbocycles. The van der Waals surface area contributed by atoms with Crippen molar-refractivity contribution in [1.29, 1.82) is 0 Å². The number of allylic oxidation sites excluding steroid dienone is 2. The van der Waals surface area contributed by atoms with Crippen molar-refractivity contribution in [3.63, 3.8) is 0 Å². The Labute approximate surface area is 129 Å². The van der Waals surface area contributed by atoms with Gasteiger partial charge in [-0.3, -0.25) is 9.89 Å². The first kappa shape index (κ1) is 14.3. The van der Waals surface area contributed by atoms with Crippen LogP contribution in [-0.2, 0) is 0 Å². The number of carbonyl (C=O) groups is 1. The van der Waals surface area contributed by atoms with Crippen LogP contribution in [0.15, 0.2) is 53.7 Å². The second kappa shape index (κ2) is 6.85. The van der Waals surface area contributed by atoms with E-state index in [0.717, 1.165) is 30.5 Å². The monoisotopic (exact) mass is 294 g/mol. The van der Waals surface area contributed by atoms with E-state index in [1.165, 1.54) is 0 Å². The topological polar surface area (TPSA) is 70.1 Å². The molecule has 5 heteroatoms. The molecule has 0 bridgehead atoms. The lowest BCUT2D eigenvalue weighted by atomic mass is 9.96. The SMILES string of the molecule is O=C(N/N=C\[C@@H]1CC=CCC1)c1cc(-c2ccccc2)n[nH]1. The molecular formula is C17H18N4O. The number of benzene rings is 1. The van der Waals surface area contributed by atoms with Crippen molar-refractivity contribution in [3.05, 3.63) is 54.2 Å². The molecule has 1 aliphatic carbocycles. The van der Waals surface area contributed by atoms with E-state index in [0.29, 0.717) is 11.6 Å². The molecule has 1 atom stereocenters. The van der Waals surface area contributed by atoms with Gasteiger partial charge < -0.3 is 0 Å². The zero-order valence-corrected chi connectivity index (χ0v) is 12.2. The van der Waals surface area contributed by atoms with Gasteiger partial charge in [-0.05, 0) is 31.2 Å². The highest BCUT2D eigenvalue weighted by molar-refractivity contribution is 5.93. The van der Waals surface area contributed by atoms with Crippen LogP contribution in [-0.4, -0.2) is 22.3 Å². The molecule has 0 saturated carbocycles. The Kier molecular flexibility index (Phi) is 4.44. The molecule has 112 valence electrons. The summed E-state index contributed by atoms with van der Waals surface area (Å²) in [5, 5.41) is 11.0. The van der Waals surface area contributed by atoms with Gasteiger partial charge in [-0.2, -0.15) is 10.2 Å². The van der Waals surface area contributed by atoms with Crippen LogP contribution in [0, 0.1) is 5.92 Å². The minimum atomic E-state index is -0.280. The second-order valence-corrected chi connectivity index (χ2v) is 5.30. The number of carbonyl (C=O) groups excluding carboxylic acids is 1.